The second-order valence-electron chi connectivity index (χ2n) is 2.12. The summed E-state index contributed by atoms with van der Waals surface area (Å²) in [5.74, 6) is 0.178. The van der Waals surface area contributed by atoms with Gasteiger partial charge in [0.05, 0.1) is 12.7 Å². The van der Waals surface area contributed by atoms with Gasteiger partial charge in [-0.2, -0.15) is 0 Å². The van der Waals surface area contributed by atoms with Crippen LogP contribution in [0.15, 0.2) is 0 Å². The second kappa shape index (κ2) is 5.23. The van der Waals surface area contributed by atoms with Crippen LogP contribution in [0, 0.1) is 5.41 Å². The van der Waals surface area contributed by atoms with E-state index in [9.17, 15) is 0 Å². The van der Waals surface area contributed by atoms with Gasteiger partial charge in [0.2, 0.25) is 0 Å². The first-order chi connectivity index (χ1) is 4.70. The zero-order valence-corrected chi connectivity index (χ0v) is 6.55. The predicted molar refractivity (Wildman–Crippen MR) is 40.3 cm³/mol. The SMILES string of the molecule is CCOC(=N)CC(O)CC. The molecular weight excluding hydrogens is 130 g/mol. The van der Waals surface area contributed by atoms with Gasteiger partial charge >= 0.3 is 0 Å². The van der Waals surface area contributed by atoms with Gasteiger partial charge in [0.1, 0.15) is 0 Å². The minimum absolute atomic E-state index is 0.178. The molecule has 0 amide bonds. The van der Waals surface area contributed by atoms with Gasteiger partial charge in [-0.05, 0) is 13.3 Å². The predicted octanol–water partition coefficient (Wildman–Crippen LogP) is 1.16. The molecular formula is C7H15NO2. The number of ether oxygens (including phenoxy) is 1. The van der Waals surface area contributed by atoms with Crippen LogP contribution in [0.25, 0.3) is 0 Å². The zero-order chi connectivity index (χ0) is 7.98. The molecule has 0 aromatic heterocycles. The zero-order valence-electron chi connectivity index (χ0n) is 6.55. The molecule has 0 aromatic carbocycles. The quantitative estimate of drug-likeness (QED) is 0.460. The van der Waals surface area contributed by atoms with Crippen molar-refractivity contribution in [3.8, 4) is 0 Å². The first-order valence-electron chi connectivity index (χ1n) is 3.59. The third-order valence-electron chi connectivity index (χ3n) is 1.21. The lowest BCUT2D eigenvalue weighted by Crippen LogP contribution is -2.13. The molecule has 2 N–H and O–H groups in total. The molecule has 3 nitrogen and oxygen atoms in total. The smallest absolute Gasteiger partial charge is 0.182 e. The maximum Gasteiger partial charge on any atom is 0.182 e. The van der Waals surface area contributed by atoms with Crippen molar-refractivity contribution >= 4 is 5.90 Å². The molecule has 60 valence electrons. The van der Waals surface area contributed by atoms with Gasteiger partial charge in [-0.15, -0.1) is 0 Å². The monoisotopic (exact) mass is 145 g/mol. The van der Waals surface area contributed by atoms with Crippen molar-refractivity contribution in [3.63, 3.8) is 0 Å². The van der Waals surface area contributed by atoms with E-state index in [1.165, 1.54) is 0 Å². The van der Waals surface area contributed by atoms with E-state index in [2.05, 4.69) is 0 Å². The topological polar surface area (TPSA) is 53.3 Å². The molecule has 0 heterocycles. The minimum atomic E-state index is -0.418. The van der Waals surface area contributed by atoms with Gasteiger partial charge < -0.3 is 9.84 Å². The lowest BCUT2D eigenvalue weighted by Gasteiger charge is -2.08. The Morgan fingerprint density at radius 1 is 1.60 bits per heavy atom. The number of aliphatic hydroxyl groups is 1. The van der Waals surface area contributed by atoms with Crippen LogP contribution in [0.1, 0.15) is 26.7 Å². The highest BCUT2D eigenvalue weighted by Crippen LogP contribution is 1.98. The first-order valence-corrected chi connectivity index (χ1v) is 3.59. The van der Waals surface area contributed by atoms with Gasteiger partial charge in [0.25, 0.3) is 0 Å². The molecule has 0 aliphatic rings. The van der Waals surface area contributed by atoms with Crippen molar-refractivity contribution in [2.24, 2.45) is 0 Å². The van der Waals surface area contributed by atoms with E-state index in [1.807, 2.05) is 13.8 Å². The number of rotatable bonds is 4. The Hall–Kier alpha value is -0.570. The number of nitrogens with one attached hydrogen (secondary N) is 1. The van der Waals surface area contributed by atoms with Crippen molar-refractivity contribution in [2.75, 3.05) is 6.61 Å². The lowest BCUT2D eigenvalue weighted by molar-refractivity contribution is 0.166. The summed E-state index contributed by atoms with van der Waals surface area (Å²) in [4.78, 5) is 0. The van der Waals surface area contributed by atoms with E-state index in [1.54, 1.807) is 0 Å². The Morgan fingerprint density at radius 2 is 2.20 bits per heavy atom. The standard InChI is InChI=1S/C7H15NO2/c1-3-6(9)5-7(8)10-4-2/h6,8-9H,3-5H2,1-2H3. The third kappa shape index (κ3) is 4.32. The first kappa shape index (κ1) is 9.43. The molecule has 0 spiro atoms. The maximum atomic E-state index is 9.03. The molecule has 10 heavy (non-hydrogen) atoms. The average molecular weight is 145 g/mol. The van der Waals surface area contributed by atoms with E-state index in [4.69, 9.17) is 15.3 Å². The molecule has 1 unspecified atom stereocenters. The van der Waals surface area contributed by atoms with Crippen molar-refractivity contribution in [3.05, 3.63) is 0 Å². The van der Waals surface area contributed by atoms with Crippen molar-refractivity contribution in [2.45, 2.75) is 32.8 Å². The van der Waals surface area contributed by atoms with E-state index in [-0.39, 0.29) is 5.90 Å². The summed E-state index contributed by atoms with van der Waals surface area (Å²) in [6.07, 6.45) is 0.596. The minimum Gasteiger partial charge on any atom is -0.481 e. The molecule has 3 heteroatoms. The highest BCUT2D eigenvalue weighted by atomic mass is 16.5. The summed E-state index contributed by atoms with van der Waals surface area (Å²) in [5.41, 5.74) is 0. The maximum absolute atomic E-state index is 9.03. The summed E-state index contributed by atoms with van der Waals surface area (Å²) in [5, 5.41) is 16.2. The Bertz CT molecular complexity index is 104. The Kier molecular flexibility index (Phi) is 4.94. The van der Waals surface area contributed by atoms with Crippen LogP contribution in [0.3, 0.4) is 0 Å². The summed E-state index contributed by atoms with van der Waals surface area (Å²) < 4.78 is 4.84. The highest BCUT2D eigenvalue weighted by Gasteiger charge is 2.04. The van der Waals surface area contributed by atoms with E-state index < -0.39 is 6.10 Å². The Balaban J connectivity index is 3.37. The molecule has 0 aliphatic heterocycles. The summed E-state index contributed by atoms with van der Waals surface area (Å²) in [6.45, 7) is 4.21. The van der Waals surface area contributed by atoms with Crippen LogP contribution >= 0.6 is 0 Å². The summed E-state index contributed by atoms with van der Waals surface area (Å²) >= 11 is 0. The third-order valence-corrected chi connectivity index (χ3v) is 1.21. The Labute approximate surface area is 61.5 Å². The van der Waals surface area contributed by atoms with Gasteiger partial charge in [-0.25, -0.2) is 0 Å². The van der Waals surface area contributed by atoms with Gasteiger partial charge in [-0.3, -0.25) is 5.41 Å². The van der Waals surface area contributed by atoms with Crippen LogP contribution in [0.2, 0.25) is 0 Å². The number of hydrogen-bond acceptors (Lipinski definition) is 3. The fourth-order valence-electron chi connectivity index (χ4n) is 0.591. The average Bonchev–Trinajstić information content (AvgIpc) is 1.88. The summed E-state index contributed by atoms with van der Waals surface area (Å²) in [7, 11) is 0. The van der Waals surface area contributed by atoms with Crippen molar-refractivity contribution in [1.29, 1.82) is 5.41 Å². The summed E-state index contributed by atoms with van der Waals surface area (Å²) in [6, 6.07) is 0. The van der Waals surface area contributed by atoms with Crippen LogP contribution in [-0.2, 0) is 4.74 Å². The van der Waals surface area contributed by atoms with Gasteiger partial charge in [-0.1, -0.05) is 6.92 Å². The molecule has 0 radical (unpaired) electrons. The normalized spacial score (nSPS) is 12.7. The van der Waals surface area contributed by atoms with E-state index in [0.717, 1.165) is 0 Å². The van der Waals surface area contributed by atoms with E-state index in [0.29, 0.717) is 19.4 Å². The van der Waals surface area contributed by atoms with Crippen molar-refractivity contribution in [1.82, 2.24) is 0 Å². The lowest BCUT2D eigenvalue weighted by atomic mass is 10.2. The molecule has 0 rings (SSSR count). The molecule has 0 aliphatic carbocycles. The number of aliphatic hydroxyl groups excluding tert-OH is 1. The molecule has 0 saturated heterocycles. The molecule has 0 aromatic rings. The molecule has 0 bridgehead atoms. The molecule has 0 saturated carbocycles. The fraction of sp³-hybridized carbons (Fsp3) is 0.857. The van der Waals surface area contributed by atoms with Crippen LogP contribution < -0.4 is 0 Å². The van der Waals surface area contributed by atoms with Crippen LogP contribution in [0.5, 0.6) is 0 Å². The van der Waals surface area contributed by atoms with Crippen molar-refractivity contribution < 1.29 is 9.84 Å². The van der Waals surface area contributed by atoms with Gasteiger partial charge in [0.15, 0.2) is 5.90 Å². The van der Waals surface area contributed by atoms with E-state index >= 15 is 0 Å². The van der Waals surface area contributed by atoms with Crippen LogP contribution in [0.4, 0.5) is 0 Å². The molecule has 0 fully saturated rings. The number of hydrogen-bond donors (Lipinski definition) is 2. The van der Waals surface area contributed by atoms with Crippen LogP contribution in [-0.4, -0.2) is 23.7 Å². The largest absolute Gasteiger partial charge is 0.481 e. The second-order valence-corrected chi connectivity index (χ2v) is 2.12. The Morgan fingerprint density at radius 3 is 2.60 bits per heavy atom. The van der Waals surface area contributed by atoms with Gasteiger partial charge in [0, 0.05) is 6.42 Å². The molecule has 1 atom stereocenters. The highest BCUT2D eigenvalue weighted by molar-refractivity contribution is 5.72. The fourth-order valence-corrected chi connectivity index (χ4v) is 0.591.